The molecule has 0 saturated carbocycles. The molecule has 3 rings (SSSR count). The summed E-state index contributed by atoms with van der Waals surface area (Å²) in [4.78, 5) is 11.4. The van der Waals surface area contributed by atoms with Gasteiger partial charge in [0.2, 0.25) is 0 Å². The van der Waals surface area contributed by atoms with Gasteiger partial charge in [0, 0.05) is 0 Å². The molecule has 0 heterocycles. The standard InChI is InChI=1S/C23H21I2O2/c1-15-10-19(12-18-5-4-16(2)23(14-18)25-24)13-22(11-15)27-21-8-6-20(7-9-21)17(3)26/h4-11,13-14H,12H2,1-3H3/q-1. The van der Waals surface area contributed by atoms with E-state index in [4.69, 9.17) is 4.74 Å². The summed E-state index contributed by atoms with van der Waals surface area (Å²) in [6.45, 7) is 5.85. The number of ether oxygens (including phenoxy) is 1. The van der Waals surface area contributed by atoms with Crippen molar-refractivity contribution in [3.8, 4) is 11.5 Å². The molecule has 0 fully saturated rings. The Balaban J connectivity index is 1.80. The second-order valence-electron chi connectivity index (χ2n) is 6.67. The molecule has 0 N–H and O–H groups in total. The van der Waals surface area contributed by atoms with Gasteiger partial charge in [-0.05, 0) is 6.92 Å². The summed E-state index contributed by atoms with van der Waals surface area (Å²) in [6.07, 6.45) is 0.898. The summed E-state index contributed by atoms with van der Waals surface area (Å²) in [5.41, 5.74) is 5.85. The predicted octanol–water partition coefficient (Wildman–Crippen LogP) is 3.50. The molecule has 0 aromatic heterocycles. The Hall–Kier alpha value is -1.41. The van der Waals surface area contributed by atoms with Crippen molar-refractivity contribution in [2.75, 3.05) is 0 Å². The van der Waals surface area contributed by atoms with Crippen LogP contribution in [0.1, 0.15) is 39.5 Å². The first-order chi connectivity index (χ1) is 12.9. The summed E-state index contributed by atoms with van der Waals surface area (Å²) >= 11 is 2.59. The van der Waals surface area contributed by atoms with Gasteiger partial charge < -0.3 is 0 Å². The molecule has 4 heteroatoms. The summed E-state index contributed by atoms with van der Waals surface area (Å²) in [6, 6.07) is 20.4. The van der Waals surface area contributed by atoms with Gasteiger partial charge in [0.25, 0.3) is 0 Å². The number of Topliss-reactive ketones (excluding diaryl/α,β-unsaturated/α-hetero) is 1. The van der Waals surface area contributed by atoms with Crippen LogP contribution < -0.4 is 22.0 Å². The third kappa shape index (κ3) is 5.54. The molecule has 140 valence electrons. The Morgan fingerprint density at radius 2 is 1.67 bits per heavy atom. The Morgan fingerprint density at radius 1 is 0.926 bits per heavy atom. The van der Waals surface area contributed by atoms with Gasteiger partial charge >= 0.3 is 164 Å². The molecule has 0 saturated heterocycles. The third-order valence-electron chi connectivity index (χ3n) is 4.33. The normalized spacial score (nSPS) is 10.8. The summed E-state index contributed by atoms with van der Waals surface area (Å²) in [5.74, 6) is 1.63. The number of carbonyl (C=O) groups is 1. The molecule has 2 nitrogen and oxygen atoms in total. The maximum absolute atomic E-state index is 11.4. The molecule has 0 aliphatic carbocycles. The monoisotopic (exact) mass is 583 g/mol. The van der Waals surface area contributed by atoms with E-state index in [2.05, 4.69) is 62.8 Å². The van der Waals surface area contributed by atoms with E-state index in [9.17, 15) is 4.79 Å². The number of rotatable bonds is 6. The van der Waals surface area contributed by atoms with E-state index in [1.54, 1.807) is 19.1 Å². The van der Waals surface area contributed by atoms with Crippen LogP contribution in [-0.2, 0) is 6.42 Å². The average Bonchev–Trinajstić information content (AvgIpc) is 2.63. The van der Waals surface area contributed by atoms with E-state index < -0.39 is 0 Å². The number of halogens is 2. The van der Waals surface area contributed by atoms with Crippen LogP contribution >= 0.6 is 18.6 Å². The van der Waals surface area contributed by atoms with Crippen LogP contribution in [-0.4, -0.2) is 5.78 Å². The molecular weight excluding hydrogens is 562 g/mol. The van der Waals surface area contributed by atoms with Crippen LogP contribution in [0.4, 0.5) is 0 Å². The molecule has 0 aliphatic rings. The SMILES string of the molecule is CC(=O)c1ccc(Oc2cc(C)cc(Cc3ccc(C)c([I-]I)c3)c2)cc1. The van der Waals surface area contributed by atoms with Crippen molar-refractivity contribution in [3.63, 3.8) is 0 Å². The minimum absolute atomic E-state index is 0.0609. The van der Waals surface area contributed by atoms with Gasteiger partial charge in [-0.1, -0.05) is 0 Å². The molecule has 0 amide bonds. The predicted molar refractivity (Wildman–Crippen MR) is 114 cm³/mol. The molecule has 0 unspecified atom stereocenters. The Kier molecular flexibility index (Phi) is 6.92. The van der Waals surface area contributed by atoms with Crippen molar-refractivity contribution >= 4 is 24.4 Å². The van der Waals surface area contributed by atoms with Crippen LogP contribution in [0.2, 0.25) is 0 Å². The Bertz CT molecular complexity index is 963. The summed E-state index contributed by atoms with van der Waals surface area (Å²) in [7, 11) is 0. The summed E-state index contributed by atoms with van der Waals surface area (Å²) < 4.78 is 7.53. The molecular formula is C23H21I2O2-. The molecule has 3 aromatic carbocycles. The first kappa shape index (κ1) is 20.3. The molecule has 0 spiro atoms. The molecule has 0 atom stereocenters. The number of carbonyl (C=O) groups excluding carboxylic acids is 1. The number of hydrogen-bond acceptors (Lipinski definition) is 2. The number of hydrogen-bond donors (Lipinski definition) is 0. The number of benzene rings is 3. The van der Waals surface area contributed by atoms with Crippen molar-refractivity contribution < 1.29 is 26.8 Å². The van der Waals surface area contributed by atoms with Crippen molar-refractivity contribution in [1.29, 1.82) is 0 Å². The first-order valence-corrected chi connectivity index (χ1v) is 16.1. The van der Waals surface area contributed by atoms with Gasteiger partial charge in [-0.25, -0.2) is 0 Å². The van der Waals surface area contributed by atoms with Crippen molar-refractivity contribution in [1.82, 2.24) is 0 Å². The van der Waals surface area contributed by atoms with Gasteiger partial charge in [0.05, 0.1) is 0 Å². The quantitative estimate of drug-likeness (QED) is 0.329. The van der Waals surface area contributed by atoms with Crippen LogP contribution in [0.15, 0.2) is 60.7 Å². The average molecular weight is 583 g/mol. The van der Waals surface area contributed by atoms with Gasteiger partial charge in [-0.15, -0.1) is 0 Å². The van der Waals surface area contributed by atoms with Gasteiger partial charge in [0.1, 0.15) is 0 Å². The maximum atomic E-state index is 11.4. The molecule has 27 heavy (non-hydrogen) atoms. The zero-order valence-corrected chi connectivity index (χ0v) is 19.9. The number of ketones is 1. The molecule has 0 bridgehead atoms. The Labute approximate surface area is 180 Å². The first-order valence-electron chi connectivity index (χ1n) is 8.69. The molecule has 0 aliphatic heterocycles. The van der Waals surface area contributed by atoms with Crippen LogP contribution in [0.25, 0.3) is 0 Å². The Morgan fingerprint density at radius 3 is 2.33 bits per heavy atom. The van der Waals surface area contributed by atoms with Crippen LogP contribution in [0.5, 0.6) is 11.5 Å². The zero-order valence-electron chi connectivity index (χ0n) is 15.6. The minimum atomic E-state index is 0.0609. The molecule has 3 aromatic rings. The van der Waals surface area contributed by atoms with Crippen LogP contribution in [0.3, 0.4) is 0 Å². The van der Waals surface area contributed by atoms with Crippen LogP contribution in [0, 0.1) is 17.4 Å². The van der Waals surface area contributed by atoms with E-state index in [0.29, 0.717) is 5.56 Å². The fraction of sp³-hybridized carbons (Fsp3) is 0.174. The fourth-order valence-electron chi connectivity index (χ4n) is 2.94. The van der Waals surface area contributed by atoms with E-state index in [0.717, 1.165) is 17.9 Å². The fourth-order valence-corrected chi connectivity index (χ4v) is 6.90. The van der Waals surface area contributed by atoms with Crippen molar-refractivity contribution in [2.45, 2.75) is 27.2 Å². The second-order valence-corrected chi connectivity index (χ2v) is 11.0. The van der Waals surface area contributed by atoms with Crippen molar-refractivity contribution in [2.24, 2.45) is 0 Å². The van der Waals surface area contributed by atoms with E-state index in [-0.39, 0.29) is 23.0 Å². The zero-order chi connectivity index (χ0) is 19.4. The van der Waals surface area contributed by atoms with E-state index >= 15 is 0 Å². The number of aryl methyl sites for hydroxylation is 2. The van der Waals surface area contributed by atoms with Gasteiger partial charge in [0.15, 0.2) is 5.78 Å². The summed E-state index contributed by atoms with van der Waals surface area (Å²) in [5, 5.41) is 0. The topological polar surface area (TPSA) is 26.3 Å². The second kappa shape index (κ2) is 9.19. The van der Waals surface area contributed by atoms with Gasteiger partial charge in [-0.2, -0.15) is 0 Å². The van der Waals surface area contributed by atoms with Crippen molar-refractivity contribution in [3.05, 3.63) is 92.1 Å². The van der Waals surface area contributed by atoms with E-state index in [1.165, 1.54) is 25.8 Å². The molecule has 0 radical (unpaired) electrons. The van der Waals surface area contributed by atoms with E-state index in [1.807, 2.05) is 18.2 Å². The van der Waals surface area contributed by atoms with Gasteiger partial charge in [-0.3, -0.25) is 4.79 Å². The third-order valence-corrected chi connectivity index (χ3v) is 8.88.